The van der Waals surface area contributed by atoms with Gasteiger partial charge in [-0.2, -0.15) is 0 Å². The average molecular weight is 368 g/mol. The lowest BCUT2D eigenvalue weighted by molar-refractivity contribution is -0.133. The van der Waals surface area contributed by atoms with Crippen molar-refractivity contribution < 1.29 is 19.1 Å². The molecular weight excluding hydrogens is 344 g/mol. The van der Waals surface area contributed by atoms with Gasteiger partial charge in [-0.3, -0.25) is 9.59 Å². The van der Waals surface area contributed by atoms with Crippen molar-refractivity contribution in [3.05, 3.63) is 64.7 Å². The molecule has 2 aromatic rings. The number of carbonyl (C=O) groups is 3. The highest BCUT2D eigenvalue weighted by atomic mass is 16.5. The molecule has 0 bridgehead atoms. The molecule has 0 aliphatic heterocycles. The zero-order valence-corrected chi connectivity index (χ0v) is 16.0. The first kappa shape index (κ1) is 20.2. The number of nitrogens with one attached hydrogen (secondary N) is 1. The molecule has 0 atom stereocenters. The molecule has 0 aromatic heterocycles. The van der Waals surface area contributed by atoms with Crippen LogP contribution in [0.2, 0.25) is 0 Å². The molecule has 0 aliphatic carbocycles. The highest BCUT2D eigenvalue weighted by Gasteiger charge is 2.15. The van der Waals surface area contributed by atoms with E-state index in [9.17, 15) is 14.4 Å². The van der Waals surface area contributed by atoms with E-state index in [1.165, 1.54) is 23.5 Å². The Hall–Kier alpha value is -3.15. The van der Waals surface area contributed by atoms with Crippen molar-refractivity contribution in [2.24, 2.45) is 0 Å². The summed E-state index contributed by atoms with van der Waals surface area (Å²) in [5.74, 6) is -1.14. The number of aryl methyl sites for hydroxylation is 2. The van der Waals surface area contributed by atoms with E-state index < -0.39 is 5.97 Å². The number of nitrogens with zero attached hydrogens (tertiary/aromatic N) is 1. The molecule has 0 saturated heterocycles. The Kier molecular flexibility index (Phi) is 6.71. The maximum atomic E-state index is 12.3. The molecule has 2 amide bonds. The number of esters is 1. The third-order valence-electron chi connectivity index (χ3n) is 4.08. The Labute approximate surface area is 159 Å². The minimum Gasteiger partial charge on any atom is -0.452 e. The Bertz CT molecular complexity index is 861. The molecule has 1 N–H and O–H groups in total. The van der Waals surface area contributed by atoms with Gasteiger partial charge < -0.3 is 15.0 Å². The number of benzene rings is 2. The Morgan fingerprint density at radius 2 is 1.81 bits per heavy atom. The molecule has 0 aliphatic rings. The van der Waals surface area contributed by atoms with E-state index >= 15 is 0 Å². The van der Waals surface area contributed by atoms with Gasteiger partial charge in [0.05, 0.1) is 5.56 Å². The van der Waals surface area contributed by atoms with Crippen LogP contribution in [0.25, 0.3) is 0 Å². The molecule has 6 nitrogen and oxygen atoms in total. The maximum absolute atomic E-state index is 12.3. The van der Waals surface area contributed by atoms with Crippen LogP contribution >= 0.6 is 0 Å². The standard InChI is InChI=1S/C21H24N2O4/c1-14-8-9-18(15(2)10-14)12-23(4)20(25)13-27-21(26)17-6-5-7-19(11-17)22-16(3)24/h5-11H,12-13H2,1-4H3,(H,22,24). The van der Waals surface area contributed by atoms with Crippen LogP contribution in [0.3, 0.4) is 0 Å². The van der Waals surface area contributed by atoms with Crippen LogP contribution in [0.5, 0.6) is 0 Å². The Morgan fingerprint density at radius 3 is 2.48 bits per heavy atom. The molecular formula is C21H24N2O4. The summed E-state index contributed by atoms with van der Waals surface area (Å²) in [6.07, 6.45) is 0. The second kappa shape index (κ2) is 8.98. The van der Waals surface area contributed by atoms with Crippen LogP contribution in [-0.4, -0.2) is 36.3 Å². The lowest BCUT2D eigenvalue weighted by Crippen LogP contribution is -2.31. The number of hydrogen-bond acceptors (Lipinski definition) is 4. The van der Waals surface area contributed by atoms with Crippen molar-refractivity contribution in [2.45, 2.75) is 27.3 Å². The van der Waals surface area contributed by atoms with Crippen LogP contribution in [0, 0.1) is 13.8 Å². The van der Waals surface area contributed by atoms with Gasteiger partial charge in [0.1, 0.15) is 0 Å². The van der Waals surface area contributed by atoms with Gasteiger partial charge in [0.25, 0.3) is 5.91 Å². The second-order valence-electron chi connectivity index (χ2n) is 6.52. The van der Waals surface area contributed by atoms with Gasteiger partial charge in [0.15, 0.2) is 6.61 Å². The van der Waals surface area contributed by atoms with Gasteiger partial charge in [-0.25, -0.2) is 4.79 Å². The average Bonchev–Trinajstić information content (AvgIpc) is 2.61. The fourth-order valence-corrected chi connectivity index (χ4v) is 2.61. The predicted octanol–water partition coefficient (Wildman–Crippen LogP) is 3.08. The van der Waals surface area contributed by atoms with Gasteiger partial charge in [0.2, 0.25) is 5.91 Å². The SMILES string of the molecule is CC(=O)Nc1cccc(C(=O)OCC(=O)N(C)Cc2ccc(C)cc2C)c1. The van der Waals surface area contributed by atoms with Crippen molar-refractivity contribution in [3.8, 4) is 0 Å². The summed E-state index contributed by atoms with van der Waals surface area (Å²) in [6.45, 7) is 5.51. The fraction of sp³-hybridized carbons (Fsp3) is 0.286. The molecule has 0 saturated carbocycles. The minimum atomic E-state index is -0.615. The van der Waals surface area contributed by atoms with E-state index in [-0.39, 0.29) is 24.0 Å². The van der Waals surface area contributed by atoms with Crippen molar-refractivity contribution >= 4 is 23.5 Å². The van der Waals surface area contributed by atoms with Crippen LogP contribution in [-0.2, 0) is 20.9 Å². The monoisotopic (exact) mass is 368 g/mol. The highest BCUT2D eigenvalue weighted by Crippen LogP contribution is 2.14. The van der Waals surface area contributed by atoms with E-state index in [0.29, 0.717) is 12.2 Å². The maximum Gasteiger partial charge on any atom is 0.338 e. The zero-order valence-electron chi connectivity index (χ0n) is 16.0. The number of carbonyl (C=O) groups excluding carboxylic acids is 3. The Morgan fingerprint density at radius 1 is 1.07 bits per heavy atom. The topological polar surface area (TPSA) is 75.7 Å². The quantitative estimate of drug-likeness (QED) is 0.795. The highest BCUT2D eigenvalue weighted by molar-refractivity contribution is 5.94. The smallest absolute Gasteiger partial charge is 0.338 e. The number of hydrogen-bond donors (Lipinski definition) is 1. The summed E-state index contributed by atoms with van der Waals surface area (Å²) in [7, 11) is 1.67. The first-order valence-electron chi connectivity index (χ1n) is 8.61. The van der Waals surface area contributed by atoms with E-state index in [2.05, 4.69) is 11.4 Å². The lowest BCUT2D eigenvalue weighted by Gasteiger charge is -2.18. The summed E-state index contributed by atoms with van der Waals surface area (Å²) in [5.41, 5.74) is 4.09. The third-order valence-corrected chi connectivity index (χ3v) is 4.08. The fourth-order valence-electron chi connectivity index (χ4n) is 2.61. The predicted molar refractivity (Wildman–Crippen MR) is 103 cm³/mol. The van der Waals surface area contributed by atoms with E-state index in [1.807, 2.05) is 26.0 Å². The second-order valence-corrected chi connectivity index (χ2v) is 6.52. The van der Waals surface area contributed by atoms with Gasteiger partial charge in [0, 0.05) is 26.2 Å². The molecule has 0 spiro atoms. The summed E-state index contributed by atoms with van der Waals surface area (Å²) in [6, 6.07) is 12.4. The molecule has 6 heteroatoms. The van der Waals surface area contributed by atoms with Crippen molar-refractivity contribution in [3.63, 3.8) is 0 Å². The van der Waals surface area contributed by atoms with E-state index in [1.54, 1.807) is 25.2 Å². The third kappa shape index (κ3) is 5.95. The number of ether oxygens (including phenoxy) is 1. The van der Waals surface area contributed by atoms with Gasteiger partial charge in [-0.1, -0.05) is 29.8 Å². The first-order chi connectivity index (χ1) is 12.8. The van der Waals surface area contributed by atoms with Crippen LogP contribution < -0.4 is 5.32 Å². The lowest BCUT2D eigenvalue weighted by atomic mass is 10.1. The summed E-state index contributed by atoms with van der Waals surface area (Å²) in [4.78, 5) is 37.0. The van der Waals surface area contributed by atoms with Crippen molar-refractivity contribution in [2.75, 3.05) is 19.0 Å². The molecule has 0 heterocycles. The number of amides is 2. The van der Waals surface area contributed by atoms with Gasteiger partial charge >= 0.3 is 5.97 Å². The molecule has 2 rings (SSSR count). The Balaban J connectivity index is 1.92. The molecule has 142 valence electrons. The molecule has 27 heavy (non-hydrogen) atoms. The van der Waals surface area contributed by atoms with Crippen molar-refractivity contribution in [1.82, 2.24) is 4.90 Å². The van der Waals surface area contributed by atoms with Crippen LogP contribution in [0.15, 0.2) is 42.5 Å². The molecule has 0 unspecified atom stereocenters. The molecule has 0 fully saturated rings. The summed E-state index contributed by atoms with van der Waals surface area (Å²) in [5, 5.41) is 2.60. The number of likely N-dealkylation sites (N-methyl/N-ethyl adjacent to an activating group) is 1. The largest absolute Gasteiger partial charge is 0.452 e. The summed E-state index contributed by atoms with van der Waals surface area (Å²) < 4.78 is 5.12. The van der Waals surface area contributed by atoms with E-state index in [4.69, 9.17) is 4.74 Å². The number of anilines is 1. The first-order valence-corrected chi connectivity index (χ1v) is 8.61. The number of rotatable bonds is 6. The molecule has 0 radical (unpaired) electrons. The van der Waals surface area contributed by atoms with Crippen molar-refractivity contribution in [1.29, 1.82) is 0 Å². The minimum absolute atomic E-state index is 0.233. The van der Waals surface area contributed by atoms with E-state index in [0.717, 1.165) is 11.1 Å². The molecule has 2 aromatic carbocycles. The normalized spacial score (nSPS) is 10.2. The van der Waals surface area contributed by atoms with Gasteiger partial charge in [-0.15, -0.1) is 0 Å². The zero-order chi connectivity index (χ0) is 20.0. The van der Waals surface area contributed by atoms with Crippen LogP contribution in [0.4, 0.5) is 5.69 Å². The van der Waals surface area contributed by atoms with Gasteiger partial charge in [-0.05, 0) is 43.2 Å². The summed E-state index contributed by atoms with van der Waals surface area (Å²) >= 11 is 0. The van der Waals surface area contributed by atoms with Crippen LogP contribution in [0.1, 0.15) is 34.0 Å².